The number of piperazine rings is 1. The van der Waals surface area contributed by atoms with Crippen molar-refractivity contribution < 1.29 is 19.4 Å². The minimum Gasteiger partial charge on any atom is -0.508 e. The van der Waals surface area contributed by atoms with Crippen LogP contribution in [0.25, 0.3) is 0 Å². The predicted octanol–water partition coefficient (Wildman–Crippen LogP) is 2.90. The molecule has 0 saturated carbocycles. The lowest BCUT2D eigenvalue weighted by molar-refractivity contribution is -0.133. The molecule has 2 aromatic rings. The summed E-state index contributed by atoms with van der Waals surface area (Å²) in [6, 6.07) is 13.3. The number of likely N-dealkylation sites (tertiary alicyclic amines) is 1. The zero-order valence-corrected chi connectivity index (χ0v) is 18.3. The van der Waals surface area contributed by atoms with E-state index in [1.807, 2.05) is 35.2 Å². The molecular weight excluding hydrogens is 394 g/mol. The van der Waals surface area contributed by atoms with Gasteiger partial charge in [-0.25, -0.2) is 0 Å². The van der Waals surface area contributed by atoms with E-state index in [0.29, 0.717) is 19.6 Å². The summed E-state index contributed by atoms with van der Waals surface area (Å²) in [5.74, 6) is 2.09. The third kappa shape index (κ3) is 4.71. The second-order valence-corrected chi connectivity index (χ2v) is 8.12. The van der Waals surface area contributed by atoms with Gasteiger partial charge in [-0.05, 0) is 61.9 Å². The number of methoxy groups -OCH3 is 2. The number of anilines is 1. The Balaban J connectivity index is 1.38. The first-order valence-corrected chi connectivity index (χ1v) is 10.9. The number of amides is 1. The largest absolute Gasteiger partial charge is 0.508 e. The van der Waals surface area contributed by atoms with Gasteiger partial charge in [-0.15, -0.1) is 0 Å². The number of hydrogen-bond donors (Lipinski definition) is 1. The summed E-state index contributed by atoms with van der Waals surface area (Å²) in [5, 5.41) is 9.48. The highest BCUT2D eigenvalue weighted by atomic mass is 16.5. The van der Waals surface area contributed by atoms with Crippen LogP contribution in [-0.4, -0.2) is 74.3 Å². The lowest BCUT2D eigenvalue weighted by Crippen LogP contribution is -2.51. The van der Waals surface area contributed by atoms with Crippen LogP contribution in [0.3, 0.4) is 0 Å². The van der Waals surface area contributed by atoms with E-state index in [1.165, 1.54) is 0 Å². The molecule has 0 aliphatic carbocycles. The lowest BCUT2D eigenvalue weighted by Gasteiger charge is -2.37. The molecular formula is C24H31N3O4. The number of benzene rings is 2. The molecule has 2 saturated heterocycles. The average molecular weight is 426 g/mol. The minimum atomic E-state index is 0.160. The maximum atomic E-state index is 13.1. The lowest BCUT2D eigenvalue weighted by atomic mass is 10.0. The second-order valence-electron chi connectivity index (χ2n) is 8.12. The van der Waals surface area contributed by atoms with Crippen LogP contribution >= 0.6 is 0 Å². The quantitative estimate of drug-likeness (QED) is 0.768. The van der Waals surface area contributed by atoms with Crippen molar-refractivity contribution in [3.63, 3.8) is 0 Å². The van der Waals surface area contributed by atoms with Gasteiger partial charge in [0.05, 0.1) is 20.8 Å². The molecule has 0 bridgehead atoms. The van der Waals surface area contributed by atoms with Crippen molar-refractivity contribution in [3.8, 4) is 17.2 Å². The van der Waals surface area contributed by atoms with Crippen LogP contribution in [0.4, 0.5) is 5.69 Å². The second kappa shape index (κ2) is 9.47. The summed E-state index contributed by atoms with van der Waals surface area (Å²) >= 11 is 0. The van der Waals surface area contributed by atoms with Crippen molar-refractivity contribution in [3.05, 3.63) is 48.0 Å². The monoisotopic (exact) mass is 425 g/mol. The predicted molar refractivity (Wildman–Crippen MR) is 120 cm³/mol. The number of hydrogen-bond acceptors (Lipinski definition) is 6. The van der Waals surface area contributed by atoms with Crippen LogP contribution in [0.5, 0.6) is 17.2 Å². The average Bonchev–Trinajstić information content (AvgIpc) is 3.27. The maximum absolute atomic E-state index is 13.1. The molecule has 7 nitrogen and oxygen atoms in total. The van der Waals surface area contributed by atoms with Gasteiger partial charge in [-0.2, -0.15) is 0 Å². The Hall–Kier alpha value is -2.93. The van der Waals surface area contributed by atoms with E-state index < -0.39 is 0 Å². The zero-order valence-electron chi connectivity index (χ0n) is 18.3. The van der Waals surface area contributed by atoms with E-state index in [0.717, 1.165) is 55.2 Å². The first-order valence-electron chi connectivity index (χ1n) is 10.9. The third-order valence-corrected chi connectivity index (χ3v) is 6.35. The van der Waals surface area contributed by atoms with E-state index >= 15 is 0 Å². The van der Waals surface area contributed by atoms with Crippen LogP contribution < -0.4 is 14.4 Å². The molecule has 4 rings (SSSR count). The van der Waals surface area contributed by atoms with Gasteiger partial charge < -0.3 is 24.4 Å². The normalized spacial score (nSPS) is 19.5. The van der Waals surface area contributed by atoms with Crippen molar-refractivity contribution in [1.82, 2.24) is 9.80 Å². The molecule has 0 spiro atoms. The molecule has 31 heavy (non-hydrogen) atoms. The van der Waals surface area contributed by atoms with Crippen molar-refractivity contribution in [1.29, 1.82) is 0 Å². The zero-order chi connectivity index (χ0) is 21.8. The Kier molecular flexibility index (Phi) is 6.51. The Bertz CT molecular complexity index is 894. The SMILES string of the molecule is COc1ccc(OC)c([C@@H]2CCCN2CC(=O)N2CCN(c3ccc(O)cc3)CC2)c1. The number of rotatable bonds is 6. The van der Waals surface area contributed by atoms with Crippen LogP contribution in [-0.2, 0) is 4.79 Å². The fourth-order valence-electron chi connectivity index (χ4n) is 4.62. The molecule has 1 N–H and O–H groups in total. The number of phenolic OH excluding ortho intramolecular Hbond substituents is 1. The number of aromatic hydroxyl groups is 1. The minimum absolute atomic E-state index is 0.160. The molecule has 2 aliphatic heterocycles. The van der Waals surface area contributed by atoms with E-state index in [4.69, 9.17) is 9.47 Å². The highest BCUT2D eigenvalue weighted by Crippen LogP contribution is 2.38. The Morgan fingerprint density at radius 3 is 2.42 bits per heavy atom. The Morgan fingerprint density at radius 2 is 1.74 bits per heavy atom. The molecule has 1 amide bonds. The highest BCUT2D eigenvalue weighted by Gasteiger charge is 2.32. The first kappa shape index (κ1) is 21.3. The first-order chi connectivity index (χ1) is 15.1. The van der Waals surface area contributed by atoms with Gasteiger partial charge in [-0.3, -0.25) is 9.69 Å². The Morgan fingerprint density at radius 1 is 1.00 bits per heavy atom. The number of ether oxygens (including phenoxy) is 2. The molecule has 2 aliphatic rings. The van der Waals surface area contributed by atoms with Crippen LogP contribution in [0.15, 0.2) is 42.5 Å². The summed E-state index contributed by atoms with van der Waals surface area (Å²) in [5.41, 5.74) is 2.17. The molecule has 166 valence electrons. The molecule has 0 radical (unpaired) electrons. The van der Waals surface area contributed by atoms with Gasteiger partial charge in [-0.1, -0.05) is 0 Å². The summed E-state index contributed by atoms with van der Waals surface area (Å²) in [4.78, 5) is 19.6. The van der Waals surface area contributed by atoms with Gasteiger partial charge >= 0.3 is 0 Å². The van der Waals surface area contributed by atoms with E-state index in [-0.39, 0.29) is 17.7 Å². The van der Waals surface area contributed by atoms with Gasteiger partial charge in [0.1, 0.15) is 17.2 Å². The van der Waals surface area contributed by atoms with Crippen molar-refractivity contribution in [2.45, 2.75) is 18.9 Å². The fraction of sp³-hybridized carbons (Fsp3) is 0.458. The van der Waals surface area contributed by atoms with Gasteiger partial charge in [0, 0.05) is 43.5 Å². The summed E-state index contributed by atoms with van der Waals surface area (Å²) in [6.45, 7) is 4.34. The molecule has 2 heterocycles. The van der Waals surface area contributed by atoms with Gasteiger partial charge in [0.25, 0.3) is 0 Å². The summed E-state index contributed by atoms with van der Waals surface area (Å²) in [7, 11) is 3.35. The summed E-state index contributed by atoms with van der Waals surface area (Å²) in [6.07, 6.45) is 2.07. The number of nitrogens with zero attached hydrogens (tertiary/aromatic N) is 3. The topological polar surface area (TPSA) is 65.5 Å². The molecule has 2 aromatic carbocycles. The van der Waals surface area contributed by atoms with Crippen molar-refractivity contribution in [2.75, 3.05) is 58.4 Å². The van der Waals surface area contributed by atoms with Gasteiger partial charge in [0.15, 0.2) is 0 Å². The Labute approximate surface area is 183 Å². The number of carbonyl (C=O) groups is 1. The molecule has 7 heteroatoms. The van der Waals surface area contributed by atoms with Crippen LogP contribution in [0, 0.1) is 0 Å². The molecule has 1 atom stereocenters. The van der Waals surface area contributed by atoms with E-state index in [2.05, 4.69) is 9.80 Å². The van der Waals surface area contributed by atoms with Crippen molar-refractivity contribution >= 4 is 11.6 Å². The van der Waals surface area contributed by atoms with Crippen molar-refractivity contribution in [2.24, 2.45) is 0 Å². The fourth-order valence-corrected chi connectivity index (χ4v) is 4.62. The molecule has 0 unspecified atom stereocenters. The smallest absolute Gasteiger partial charge is 0.236 e. The highest BCUT2D eigenvalue weighted by molar-refractivity contribution is 5.78. The van der Waals surface area contributed by atoms with Crippen LogP contribution in [0.1, 0.15) is 24.4 Å². The standard InChI is InChI=1S/C24H31N3O4/c1-30-20-9-10-23(31-2)21(16-20)22-4-3-11-27(22)17-24(29)26-14-12-25(13-15-26)18-5-7-19(28)8-6-18/h5-10,16,22,28H,3-4,11-15,17H2,1-2H3/t22-/m0/s1. The van der Waals surface area contributed by atoms with Gasteiger partial charge in [0.2, 0.25) is 5.91 Å². The number of phenols is 1. The molecule has 0 aromatic heterocycles. The van der Waals surface area contributed by atoms with E-state index in [1.54, 1.807) is 26.4 Å². The third-order valence-electron chi connectivity index (χ3n) is 6.35. The van der Waals surface area contributed by atoms with E-state index in [9.17, 15) is 9.90 Å². The number of carbonyl (C=O) groups excluding carboxylic acids is 1. The van der Waals surface area contributed by atoms with Crippen LogP contribution in [0.2, 0.25) is 0 Å². The summed E-state index contributed by atoms with van der Waals surface area (Å²) < 4.78 is 11.0. The maximum Gasteiger partial charge on any atom is 0.236 e. The molecule has 2 fully saturated rings.